The van der Waals surface area contributed by atoms with Gasteiger partial charge < -0.3 is 20.4 Å². The Labute approximate surface area is 135 Å². The second-order valence-electron chi connectivity index (χ2n) is 4.72. The number of hydrogen-bond donors (Lipinski definition) is 3. The lowest BCUT2D eigenvalue weighted by Crippen LogP contribution is -2.36. The summed E-state index contributed by atoms with van der Waals surface area (Å²) >= 11 is 0. The van der Waals surface area contributed by atoms with E-state index in [0.717, 1.165) is 5.56 Å². The molecule has 6 nitrogen and oxygen atoms in total. The summed E-state index contributed by atoms with van der Waals surface area (Å²) in [5.74, 6) is 0.725. The molecule has 1 aromatic heterocycles. The van der Waals surface area contributed by atoms with Crippen LogP contribution in [0.3, 0.4) is 0 Å². The first-order chi connectivity index (χ1) is 11.2. The molecule has 1 aromatic carbocycles. The molecule has 0 aliphatic rings. The molecule has 3 N–H and O–H groups in total. The zero-order valence-electron chi connectivity index (χ0n) is 13.0. The molecule has 6 heteroatoms. The molecule has 0 unspecified atom stereocenters. The van der Waals surface area contributed by atoms with Gasteiger partial charge in [0.2, 0.25) is 0 Å². The third-order valence-electron chi connectivity index (χ3n) is 3.05. The molecular formula is C17H20N4O2. The predicted octanol–water partition coefficient (Wildman–Crippen LogP) is 2.38. The molecule has 0 saturated heterocycles. The maximum absolute atomic E-state index is 11.9. The van der Waals surface area contributed by atoms with E-state index in [2.05, 4.69) is 27.5 Å². The van der Waals surface area contributed by atoms with Crippen LogP contribution in [0.1, 0.15) is 16.1 Å². The van der Waals surface area contributed by atoms with Gasteiger partial charge in [-0.15, -0.1) is 6.58 Å². The number of amides is 1. The number of guanidine groups is 1. The molecule has 0 radical (unpaired) electrons. The summed E-state index contributed by atoms with van der Waals surface area (Å²) in [4.78, 5) is 16.0. The number of furan rings is 1. The topological polar surface area (TPSA) is 78.7 Å². The van der Waals surface area contributed by atoms with E-state index in [-0.39, 0.29) is 11.7 Å². The zero-order chi connectivity index (χ0) is 16.5. The van der Waals surface area contributed by atoms with Crippen molar-refractivity contribution in [1.29, 1.82) is 0 Å². The zero-order valence-corrected chi connectivity index (χ0v) is 13.0. The number of carbonyl (C=O) groups excluding carboxylic acids is 1. The van der Waals surface area contributed by atoms with Gasteiger partial charge >= 0.3 is 0 Å². The number of aliphatic imine (C=N–C) groups is 1. The Morgan fingerprint density at radius 1 is 1.26 bits per heavy atom. The molecule has 0 fully saturated rings. The minimum absolute atomic E-state index is 0.269. The van der Waals surface area contributed by atoms with Crippen molar-refractivity contribution in [1.82, 2.24) is 10.6 Å². The fraction of sp³-hybridized carbons (Fsp3) is 0.176. The number of hydrogen-bond acceptors (Lipinski definition) is 3. The van der Waals surface area contributed by atoms with Crippen LogP contribution in [-0.4, -0.2) is 25.5 Å². The Bertz CT molecular complexity index is 660. The van der Waals surface area contributed by atoms with Crippen LogP contribution < -0.4 is 16.0 Å². The molecule has 0 aliphatic carbocycles. The predicted molar refractivity (Wildman–Crippen MR) is 91.5 cm³/mol. The van der Waals surface area contributed by atoms with E-state index in [9.17, 15) is 4.79 Å². The molecule has 120 valence electrons. The minimum Gasteiger partial charge on any atom is -0.459 e. The van der Waals surface area contributed by atoms with Crippen molar-refractivity contribution in [2.45, 2.75) is 6.54 Å². The molecular weight excluding hydrogens is 292 g/mol. The van der Waals surface area contributed by atoms with Gasteiger partial charge in [-0.05, 0) is 29.8 Å². The van der Waals surface area contributed by atoms with Crippen molar-refractivity contribution in [2.75, 3.05) is 18.9 Å². The Kier molecular flexibility index (Phi) is 5.99. The van der Waals surface area contributed by atoms with Crippen molar-refractivity contribution >= 4 is 17.6 Å². The van der Waals surface area contributed by atoms with Crippen molar-refractivity contribution in [3.63, 3.8) is 0 Å². The molecule has 23 heavy (non-hydrogen) atoms. The minimum atomic E-state index is -0.269. The molecule has 2 rings (SSSR count). The largest absolute Gasteiger partial charge is 0.459 e. The quantitative estimate of drug-likeness (QED) is 0.435. The first-order valence-corrected chi connectivity index (χ1v) is 7.22. The van der Waals surface area contributed by atoms with E-state index < -0.39 is 0 Å². The van der Waals surface area contributed by atoms with Gasteiger partial charge in [-0.3, -0.25) is 9.79 Å². The number of rotatable bonds is 6. The molecule has 1 amide bonds. The van der Waals surface area contributed by atoms with Crippen molar-refractivity contribution in [3.8, 4) is 0 Å². The van der Waals surface area contributed by atoms with Crippen molar-refractivity contribution in [2.24, 2.45) is 4.99 Å². The summed E-state index contributed by atoms with van der Waals surface area (Å²) in [7, 11) is 1.71. The second-order valence-corrected chi connectivity index (χ2v) is 4.72. The van der Waals surface area contributed by atoms with E-state index in [1.807, 2.05) is 24.3 Å². The van der Waals surface area contributed by atoms with Crippen LogP contribution in [0, 0.1) is 0 Å². The highest BCUT2D eigenvalue weighted by Gasteiger charge is 2.08. The average Bonchev–Trinajstić information content (AvgIpc) is 3.11. The number of anilines is 1. The third kappa shape index (κ3) is 5.03. The van der Waals surface area contributed by atoms with Crippen LogP contribution >= 0.6 is 0 Å². The Balaban J connectivity index is 1.87. The van der Waals surface area contributed by atoms with Gasteiger partial charge in [0, 0.05) is 25.8 Å². The Morgan fingerprint density at radius 2 is 2.04 bits per heavy atom. The Hall–Kier alpha value is -3.02. The van der Waals surface area contributed by atoms with Crippen molar-refractivity contribution in [3.05, 3.63) is 66.6 Å². The molecule has 2 aromatic rings. The van der Waals surface area contributed by atoms with E-state index in [0.29, 0.717) is 24.7 Å². The lowest BCUT2D eigenvalue weighted by Gasteiger charge is -2.11. The van der Waals surface area contributed by atoms with Crippen molar-refractivity contribution < 1.29 is 9.21 Å². The Morgan fingerprint density at radius 3 is 2.65 bits per heavy atom. The maximum Gasteiger partial charge on any atom is 0.291 e. The average molecular weight is 312 g/mol. The van der Waals surface area contributed by atoms with Crippen LogP contribution in [0.5, 0.6) is 0 Å². The van der Waals surface area contributed by atoms with E-state index in [1.54, 1.807) is 25.3 Å². The molecule has 0 bridgehead atoms. The van der Waals surface area contributed by atoms with Crippen LogP contribution in [-0.2, 0) is 6.54 Å². The molecule has 0 spiro atoms. The normalized spacial score (nSPS) is 10.9. The summed E-state index contributed by atoms with van der Waals surface area (Å²) < 4.78 is 5.05. The summed E-state index contributed by atoms with van der Waals surface area (Å²) in [5.41, 5.74) is 1.78. The van der Waals surface area contributed by atoms with E-state index in [4.69, 9.17) is 4.42 Å². The number of nitrogens with one attached hydrogen (secondary N) is 3. The van der Waals surface area contributed by atoms with Crippen LogP contribution in [0.25, 0.3) is 0 Å². The van der Waals surface area contributed by atoms with Crippen LogP contribution in [0.15, 0.2) is 64.7 Å². The fourth-order valence-electron chi connectivity index (χ4n) is 1.88. The molecule has 1 heterocycles. The van der Waals surface area contributed by atoms with Gasteiger partial charge in [-0.2, -0.15) is 0 Å². The fourth-order valence-corrected chi connectivity index (χ4v) is 1.88. The monoisotopic (exact) mass is 312 g/mol. The highest BCUT2D eigenvalue weighted by Crippen LogP contribution is 2.11. The van der Waals surface area contributed by atoms with E-state index in [1.165, 1.54) is 6.26 Å². The van der Waals surface area contributed by atoms with Gasteiger partial charge in [0.05, 0.1) is 6.26 Å². The lowest BCUT2D eigenvalue weighted by atomic mass is 10.2. The lowest BCUT2D eigenvalue weighted by molar-refractivity contribution is 0.0996. The van der Waals surface area contributed by atoms with Gasteiger partial charge in [-0.25, -0.2) is 0 Å². The SMILES string of the molecule is C=CCNC(=NC)NCc1ccc(NC(=O)c2ccco2)cc1. The highest BCUT2D eigenvalue weighted by atomic mass is 16.3. The summed E-state index contributed by atoms with van der Waals surface area (Å²) in [6.45, 7) is 4.93. The van der Waals surface area contributed by atoms with Gasteiger partial charge in [0.25, 0.3) is 5.91 Å². The summed E-state index contributed by atoms with van der Waals surface area (Å²) in [6.07, 6.45) is 3.24. The smallest absolute Gasteiger partial charge is 0.291 e. The third-order valence-corrected chi connectivity index (χ3v) is 3.05. The van der Waals surface area contributed by atoms with Gasteiger partial charge in [0.15, 0.2) is 11.7 Å². The first-order valence-electron chi connectivity index (χ1n) is 7.22. The van der Waals surface area contributed by atoms with E-state index >= 15 is 0 Å². The first kappa shape index (κ1) is 16.4. The highest BCUT2D eigenvalue weighted by molar-refractivity contribution is 6.02. The second kappa shape index (κ2) is 8.43. The van der Waals surface area contributed by atoms with Crippen LogP contribution in [0.2, 0.25) is 0 Å². The molecule has 0 saturated carbocycles. The number of nitrogens with zero attached hydrogens (tertiary/aromatic N) is 1. The standard InChI is InChI=1S/C17H20N4O2/c1-3-10-19-17(18-2)20-12-13-6-8-14(9-7-13)21-16(22)15-5-4-11-23-15/h3-9,11H,1,10,12H2,2H3,(H,21,22)(H2,18,19,20). The number of benzene rings is 1. The van der Waals surface area contributed by atoms with Crippen LogP contribution in [0.4, 0.5) is 5.69 Å². The summed E-state index contributed by atoms with van der Waals surface area (Å²) in [6, 6.07) is 10.9. The maximum atomic E-state index is 11.9. The summed E-state index contributed by atoms with van der Waals surface area (Å²) in [5, 5.41) is 9.06. The molecule has 0 aliphatic heterocycles. The number of carbonyl (C=O) groups is 1. The molecule has 0 atom stereocenters. The van der Waals surface area contributed by atoms with Gasteiger partial charge in [-0.1, -0.05) is 18.2 Å². The van der Waals surface area contributed by atoms with Gasteiger partial charge in [0.1, 0.15) is 0 Å².